The Hall–Kier alpha value is -0.420. The lowest BCUT2D eigenvalue weighted by molar-refractivity contribution is 0.0922. The number of likely N-dealkylation sites (N-methyl/N-ethyl adjacent to an activating group) is 1. The summed E-state index contributed by atoms with van der Waals surface area (Å²) in [5.41, 5.74) is 6.44. The summed E-state index contributed by atoms with van der Waals surface area (Å²) in [6, 6.07) is 5.09. The molecule has 2 aliphatic rings. The van der Waals surface area contributed by atoms with E-state index in [2.05, 4.69) is 34.4 Å². The van der Waals surface area contributed by atoms with Gasteiger partial charge in [0.25, 0.3) is 0 Å². The minimum Gasteiger partial charge on any atom is -0.329 e. The molecule has 2 fully saturated rings. The fourth-order valence-electron chi connectivity index (χ4n) is 4.00. The van der Waals surface area contributed by atoms with E-state index >= 15 is 0 Å². The van der Waals surface area contributed by atoms with Gasteiger partial charge >= 0.3 is 0 Å². The minimum absolute atomic E-state index is 0.230. The van der Waals surface area contributed by atoms with Crippen molar-refractivity contribution in [2.24, 2.45) is 5.73 Å². The molecular formula is C15H25N3S. The van der Waals surface area contributed by atoms with Gasteiger partial charge in [-0.2, -0.15) is 0 Å². The number of rotatable bonds is 5. The van der Waals surface area contributed by atoms with Gasteiger partial charge in [0.1, 0.15) is 0 Å². The van der Waals surface area contributed by atoms with E-state index < -0.39 is 0 Å². The molecule has 0 aliphatic carbocycles. The zero-order valence-corrected chi connectivity index (χ0v) is 12.7. The molecule has 0 radical (unpaired) electrons. The Morgan fingerprint density at radius 1 is 1.53 bits per heavy atom. The van der Waals surface area contributed by atoms with Crippen LogP contribution in [0.2, 0.25) is 0 Å². The Morgan fingerprint density at radius 3 is 3.16 bits per heavy atom. The van der Waals surface area contributed by atoms with Crippen LogP contribution >= 0.6 is 11.3 Å². The van der Waals surface area contributed by atoms with Crippen LogP contribution < -0.4 is 5.73 Å². The topological polar surface area (TPSA) is 32.5 Å². The van der Waals surface area contributed by atoms with Gasteiger partial charge < -0.3 is 5.73 Å². The van der Waals surface area contributed by atoms with E-state index in [1.165, 1.54) is 37.2 Å². The minimum atomic E-state index is 0.230. The third-order valence-electron chi connectivity index (χ3n) is 5.20. The maximum absolute atomic E-state index is 6.21. The molecule has 2 N–H and O–H groups in total. The average Bonchev–Trinajstić information content (AvgIpc) is 3.13. The van der Waals surface area contributed by atoms with Gasteiger partial charge in [-0.25, -0.2) is 0 Å². The number of nitrogens with two attached hydrogens (primary N) is 1. The van der Waals surface area contributed by atoms with Gasteiger partial charge in [0, 0.05) is 36.1 Å². The zero-order chi connectivity index (χ0) is 13.3. The van der Waals surface area contributed by atoms with Gasteiger partial charge in [0.2, 0.25) is 0 Å². The van der Waals surface area contributed by atoms with E-state index in [-0.39, 0.29) is 5.54 Å². The number of hydrogen-bond donors (Lipinski definition) is 1. The maximum Gasteiger partial charge on any atom is 0.0496 e. The first kappa shape index (κ1) is 13.6. The molecule has 0 amide bonds. The van der Waals surface area contributed by atoms with E-state index in [1.54, 1.807) is 0 Å². The molecule has 106 valence electrons. The Morgan fingerprint density at radius 2 is 2.42 bits per heavy atom. The van der Waals surface area contributed by atoms with Crippen LogP contribution in [-0.4, -0.2) is 54.6 Å². The third-order valence-corrected chi connectivity index (χ3v) is 6.14. The summed E-state index contributed by atoms with van der Waals surface area (Å²) < 4.78 is 0. The smallest absolute Gasteiger partial charge is 0.0496 e. The first-order valence-corrected chi connectivity index (χ1v) is 8.32. The number of hydrogen-bond acceptors (Lipinski definition) is 4. The van der Waals surface area contributed by atoms with Gasteiger partial charge in [0.05, 0.1) is 0 Å². The van der Waals surface area contributed by atoms with Crippen molar-refractivity contribution in [2.45, 2.75) is 37.3 Å². The summed E-state index contributed by atoms with van der Waals surface area (Å²) in [7, 11) is 2.28. The highest BCUT2D eigenvalue weighted by Gasteiger charge is 2.50. The van der Waals surface area contributed by atoms with E-state index in [9.17, 15) is 0 Å². The number of thiophene rings is 1. The molecule has 0 spiro atoms. The Labute approximate surface area is 120 Å². The Bertz CT molecular complexity index is 406. The molecule has 19 heavy (non-hydrogen) atoms. The lowest BCUT2D eigenvalue weighted by Crippen LogP contribution is -2.58. The predicted octanol–water partition coefficient (Wildman–Crippen LogP) is 1.79. The molecule has 0 aromatic carbocycles. The van der Waals surface area contributed by atoms with Gasteiger partial charge in [-0.15, -0.1) is 11.3 Å². The first-order valence-electron chi connectivity index (χ1n) is 7.44. The molecule has 1 aromatic rings. The Kier molecular flexibility index (Phi) is 3.94. The molecule has 0 bridgehead atoms. The maximum atomic E-state index is 6.21. The molecule has 2 atom stereocenters. The second-order valence-corrected chi connectivity index (χ2v) is 7.03. The van der Waals surface area contributed by atoms with Crippen LogP contribution in [0, 0.1) is 0 Å². The van der Waals surface area contributed by atoms with E-state index in [1.807, 2.05) is 11.3 Å². The van der Waals surface area contributed by atoms with Crippen molar-refractivity contribution >= 4 is 11.3 Å². The van der Waals surface area contributed by atoms with Crippen molar-refractivity contribution in [1.29, 1.82) is 0 Å². The van der Waals surface area contributed by atoms with Crippen molar-refractivity contribution in [2.75, 3.05) is 33.2 Å². The predicted molar refractivity (Wildman–Crippen MR) is 81.7 cm³/mol. The quantitative estimate of drug-likeness (QED) is 0.892. The summed E-state index contributed by atoms with van der Waals surface area (Å²) in [5, 5.41) is 2.17. The van der Waals surface area contributed by atoms with Crippen LogP contribution in [0.1, 0.15) is 24.1 Å². The normalized spacial score (nSPS) is 31.2. The highest BCUT2D eigenvalue weighted by molar-refractivity contribution is 7.09. The number of nitrogens with zero attached hydrogens (tertiary/aromatic N) is 2. The largest absolute Gasteiger partial charge is 0.329 e. The Balaban J connectivity index is 1.67. The van der Waals surface area contributed by atoms with Crippen molar-refractivity contribution in [3.63, 3.8) is 0 Å². The van der Waals surface area contributed by atoms with E-state index in [0.717, 1.165) is 19.5 Å². The van der Waals surface area contributed by atoms with E-state index in [4.69, 9.17) is 5.73 Å². The van der Waals surface area contributed by atoms with Gasteiger partial charge in [-0.05, 0) is 50.7 Å². The molecule has 4 heteroatoms. The lowest BCUT2D eigenvalue weighted by Gasteiger charge is -2.42. The molecule has 3 rings (SSSR count). The summed E-state index contributed by atoms with van der Waals surface area (Å²) in [6.45, 7) is 4.45. The van der Waals surface area contributed by atoms with Crippen molar-refractivity contribution in [3.05, 3.63) is 22.4 Å². The second-order valence-electron chi connectivity index (χ2n) is 6.00. The highest BCUT2D eigenvalue weighted by atomic mass is 32.1. The molecule has 2 aliphatic heterocycles. The van der Waals surface area contributed by atoms with Crippen molar-refractivity contribution < 1.29 is 0 Å². The van der Waals surface area contributed by atoms with Crippen molar-refractivity contribution in [3.8, 4) is 0 Å². The average molecular weight is 279 g/mol. The monoisotopic (exact) mass is 279 g/mol. The van der Waals surface area contributed by atoms with Crippen LogP contribution in [0.4, 0.5) is 0 Å². The third kappa shape index (κ3) is 2.35. The van der Waals surface area contributed by atoms with E-state index in [0.29, 0.717) is 6.04 Å². The molecule has 0 saturated carbocycles. The summed E-state index contributed by atoms with van der Waals surface area (Å²) in [6.07, 6.45) is 5.09. The van der Waals surface area contributed by atoms with Gasteiger partial charge in [-0.3, -0.25) is 9.80 Å². The second kappa shape index (κ2) is 5.52. The summed E-state index contributed by atoms with van der Waals surface area (Å²) >= 11 is 1.87. The molecule has 3 heterocycles. The van der Waals surface area contributed by atoms with Crippen LogP contribution in [0.5, 0.6) is 0 Å². The molecule has 2 unspecified atom stereocenters. The van der Waals surface area contributed by atoms with Crippen molar-refractivity contribution in [1.82, 2.24) is 9.80 Å². The van der Waals surface area contributed by atoms with Crippen LogP contribution in [0.3, 0.4) is 0 Å². The molecule has 3 nitrogen and oxygen atoms in total. The summed E-state index contributed by atoms with van der Waals surface area (Å²) in [5.74, 6) is 0. The molecule has 1 aromatic heterocycles. The zero-order valence-electron chi connectivity index (χ0n) is 11.8. The standard InChI is InChI=1S/C15H25N3S/c1-17(9-6-13-4-3-11-19-13)15(12-16)7-10-18-8-2-5-14(15)18/h3-4,11,14H,2,5-10,12,16H2,1H3. The highest BCUT2D eigenvalue weighted by Crippen LogP contribution is 2.39. The molecular weight excluding hydrogens is 254 g/mol. The fraction of sp³-hybridized carbons (Fsp3) is 0.733. The first-order chi connectivity index (χ1) is 9.26. The summed E-state index contributed by atoms with van der Waals surface area (Å²) in [4.78, 5) is 6.71. The lowest BCUT2D eigenvalue weighted by atomic mass is 9.87. The van der Waals surface area contributed by atoms with Crippen LogP contribution in [0.15, 0.2) is 17.5 Å². The number of fused-ring (bicyclic) bond motifs is 1. The van der Waals surface area contributed by atoms with Gasteiger partial charge in [0.15, 0.2) is 0 Å². The van der Waals surface area contributed by atoms with Gasteiger partial charge in [-0.1, -0.05) is 6.07 Å². The SMILES string of the molecule is CN(CCc1cccs1)C1(CN)CCN2CCCC21. The van der Waals surface area contributed by atoms with Crippen LogP contribution in [-0.2, 0) is 6.42 Å². The molecule has 2 saturated heterocycles. The van der Waals surface area contributed by atoms with Crippen LogP contribution in [0.25, 0.3) is 0 Å². The fourth-order valence-corrected chi connectivity index (χ4v) is 4.70.